The lowest BCUT2D eigenvalue weighted by molar-refractivity contribution is -0.973. The van der Waals surface area contributed by atoms with Crippen molar-refractivity contribution in [2.24, 2.45) is 0 Å². The Kier molecular flexibility index (Phi) is 4.37. The maximum atomic E-state index is 10.5. The van der Waals surface area contributed by atoms with Gasteiger partial charge in [-0.3, -0.25) is 40.5 Å². The van der Waals surface area contributed by atoms with Crippen LogP contribution in [0, 0.1) is 40.5 Å². The number of hydrogen-bond donors (Lipinski definition) is 0. The molecule has 0 radical (unpaired) electrons. The molecule has 1 atom stereocenters. The first-order valence-corrected chi connectivity index (χ1v) is 4.27. The second-order valence-electron chi connectivity index (χ2n) is 3.10. The van der Waals surface area contributed by atoms with E-state index >= 15 is 0 Å². The molecule has 0 saturated heterocycles. The Morgan fingerprint density at radius 3 is 1.47 bits per heavy atom. The average molecular weight is 252 g/mol. The van der Waals surface area contributed by atoms with Crippen LogP contribution in [0.3, 0.4) is 0 Å². The summed E-state index contributed by atoms with van der Waals surface area (Å²) >= 11 is 0. The van der Waals surface area contributed by atoms with Gasteiger partial charge in [0.1, 0.15) is 0 Å². The molecule has 17 heavy (non-hydrogen) atoms. The Balaban J connectivity index is 5.47. The average Bonchev–Trinajstić information content (AvgIpc) is 2.16. The van der Waals surface area contributed by atoms with Gasteiger partial charge < -0.3 is 0 Å². The zero-order valence-electron chi connectivity index (χ0n) is 8.55. The molecule has 0 aromatic heterocycles. The summed E-state index contributed by atoms with van der Waals surface area (Å²) in [6.07, 6.45) is -1.69. The van der Waals surface area contributed by atoms with Crippen LogP contribution in [-0.2, 0) is 0 Å². The van der Waals surface area contributed by atoms with Crippen molar-refractivity contribution in [1.29, 1.82) is 0 Å². The highest BCUT2D eigenvalue weighted by Crippen LogP contribution is 2.22. The SMILES string of the molecule is CCC(CC([N+](=O)[O-])([N+](=O)[O-])[N+](=O)[O-])[N+](=O)[O-]. The molecule has 0 aliphatic heterocycles. The van der Waals surface area contributed by atoms with Crippen molar-refractivity contribution >= 4 is 0 Å². The minimum absolute atomic E-state index is 0.287. The summed E-state index contributed by atoms with van der Waals surface area (Å²) in [7, 11) is 0. The lowest BCUT2D eigenvalue weighted by Crippen LogP contribution is -2.55. The molecule has 96 valence electrons. The van der Waals surface area contributed by atoms with E-state index in [1.54, 1.807) is 0 Å². The van der Waals surface area contributed by atoms with Crippen LogP contribution >= 0.6 is 0 Å². The predicted octanol–water partition coefficient (Wildman–Crippen LogP) is -0.0843. The Morgan fingerprint density at radius 2 is 1.29 bits per heavy atom. The second kappa shape index (κ2) is 5.09. The summed E-state index contributed by atoms with van der Waals surface area (Å²) in [5.41, 5.74) is 0. The van der Waals surface area contributed by atoms with E-state index in [0.29, 0.717) is 0 Å². The van der Waals surface area contributed by atoms with E-state index in [4.69, 9.17) is 0 Å². The zero-order chi connectivity index (χ0) is 13.8. The molecule has 0 aromatic carbocycles. The Bertz CT molecular complexity index is 331. The molecule has 0 aliphatic carbocycles. The van der Waals surface area contributed by atoms with Gasteiger partial charge >= 0.3 is 5.79 Å². The normalized spacial score (nSPS) is 12.8. The number of hydrogen-bond acceptors (Lipinski definition) is 8. The first kappa shape index (κ1) is 14.6. The van der Waals surface area contributed by atoms with E-state index in [1.165, 1.54) is 6.92 Å². The predicted molar refractivity (Wildman–Crippen MR) is 49.4 cm³/mol. The standard InChI is InChI=1S/C5H8N4O8/c1-2-4(6(10)11)3-5(7(12)13,8(14)15)9(16)17/h4H,2-3H2,1H3. The molecule has 0 spiro atoms. The highest BCUT2D eigenvalue weighted by atomic mass is 16.7. The molecule has 0 saturated carbocycles. The van der Waals surface area contributed by atoms with Crippen LogP contribution < -0.4 is 0 Å². The summed E-state index contributed by atoms with van der Waals surface area (Å²) in [4.78, 5) is 35.7. The van der Waals surface area contributed by atoms with Crippen molar-refractivity contribution in [3.8, 4) is 0 Å². The maximum Gasteiger partial charge on any atom is 0.706 e. The van der Waals surface area contributed by atoms with Crippen LogP contribution in [0.2, 0.25) is 0 Å². The lowest BCUT2D eigenvalue weighted by Gasteiger charge is -2.10. The molecular formula is C5H8N4O8. The zero-order valence-corrected chi connectivity index (χ0v) is 8.55. The van der Waals surface area contributed by atoms with Crippen LogP contribution in [0.25, 0.3) is 0 Å². The molecule has 12 heteroatoms. The van der Waals surface area contributed by atoms with E-state index in [-0.39, 0.29) is 6.42 Å². The van der Waals surface area contributed by atoms with Crippen LogP contribution in [0.1, 0.15) is 19.8 Å². The van der Waals surface area contributed by atoms with Gasteiger partial charge in [0.15, 0.2) is 14.8 Å². The van der Waals surface area contributed by atoms with Gasteiger partial charge in [0, 0.05) is 11.3 Å². The van der Waals surface area contributed by atoms with Gasteiger partial charge in [-0.15, -0.1) is 0 Å². The molecule has 0 fully saturated rings. The second-order valence-corrected chi connectivity index (χ2v) is 3.10. The van der Waals surface area contributed by atoms with Crippen molar-refractivity contribution in [2.45, 2.75) is 31.6 Å². The van der Waals surface area contributed by atoms with Crippen molar-refractivity contribution in [3.63, 3.8) is 0 Å². The monoisotopic (exact) mass is 252 g/mol. The number of nitrogens with zero attached hydrogens (tertiary/aromatic N) is 4. The van der Waals surface area contributed by atoms with Crippen LogP contribution in [-0.4, -0.2) is 31.5 Å². The van der Waals surface area contributed by atoms with Gasteiger partial charge in [0.2, 0.25) is 12.5 Å². The largest absolute Gasteiger partial charge is 0.706 e. The molecule has 0 aliphatic rings. The van der Waals surface area contributed by atoms with Crippen LogP contribution in [0.4, 0.5) is 0 Å². The molecule has 0 heterocycles. The van der Waals surface area contributed by atoms with E-state index < -0.39 is 37.9 Å². The molecule has 0 bridgehead atoms. The minimum Gasteiger partial charge on any atom is -0.264 e. The topological polar surface area (TPSA) is 173 Å². The van der Waals surface area contributed by atoms with E-state index in [9.17, 15) is 40.5 Å². The summed E-state index contributed by atoms with van der Waals surface area (Å²) in [5.74, 6) is -3.77. The van der Waals surface area contributed by atoms with Crippen LogP contribution in [0.5, 0.6) is 0 Å². The third-order valence-corrected chi connectivity index (χ3v) is 2.16. The van der Waals surface area contributed by atoms with Crippen molar-refractivity contribution in [3.05, 3.63) is 40.5 Å². The molecule has 0 rings (SSSR count). The Labute approximate surface area is 92.8 Å². The van der Waals surface area contributed by atoms with Gasteiger partial charge in [-0.2, -0.15) is 0 Å². The van der Waals surface area contributed by atoms with Crippen molar-refractivity contribution in [1.82, 2.24) is 0 Å². The Morgan fingerprint density at radius 1 is 0.941 bits per heavy atom. The quantitative estimate of drug-likeness (QED) is 0.343. The van der Waals surface area contributed by atoms with Crippen molar-refractivity contribution in [2.75, 3.05) is 0 Å². The molecule has 0 amide bonds. The van der Waals surface area contributed by atoms with E-state index in [0.717, 1.165) is 0 Å². The van der Waals surface area contributed by atoms with Gasteiger partial charge in [-0.05, 0) is 0 Å². The Hall–Kier alpha value is -2.40. The fourth-order valence-electron chi connectivity index (χ4n) is 1.11. The highest BCUT2D eigenvalue weighted by molar-refractivity contribution is 4.62. The fourth-order valence-corrected chi connectivity index (χ4v) is 1.11. The molecule has 12 nitrogen and oxygen atoms in total. The van der Waals surface area contributed by atoms with E-state index in [1.807, 2.05) is 0 Å². The maximum absolute atomic E-state index is 10.5. The third kappa shape index (κ3) is 2.59. The van der Waals surface area contributed by atoms with Crippen molar-refractivity contribution < 1.29 is 19.7 Å². The van der Waals surface area contributed by atoms with Crippen LogP contribution in [0.15, 0.2) is 0 Å². The molecule has 0 N–H and O–H groups in total. The van der Waals surface area contributed by atoms with Gasteiger partial charge in [0.25, 0.3) is 0 Å². The lowest BCUT2D eigenvalue weighted by atomic mass is 10.1. The fraction of sp³-hybridized carbons (Fsp3) is 1.00. The van der Waals surface area contributed by atoms with Gasteiger partial charge in [-0.1, -0.05) is 6.92 Å². The highest BCUT2D eigenvalue weighted by Gasteiger charge is 2.72. The smallest absolute Gasteiger partial charge is 0.264 e. The minimum atomic E-state index is -3.77. The first-order chi connectivity index (χ1) is 7.70. The number of nitro groups is 4. The summed E-state index contributed by atoms with van der Waals surface area (Å²) in [5, 5.41) is 41.8. The molecule has 1 unspecified atom stereocenters. The summed E-state index contributed by atoms with van der Waals surface area (Å²) < 4.78 is 0. The van der Waals surface area contributed by atoms with Gasteiger partial charge in [-0.25, -0.2) is 0 Å². The molecular weight excluding hydrogens is 244 g/mol. The first-order valence-electron chi connectivity index (χ1n) is 4.27. The van der Waals surface area contributed by atoms with E-state index in [2.05, 4.69) is 0 Å². The summed E-state index contributed by atoms with van der Waals surface area (Å²) in [6.45, 7) is 1.25. The number of rotatable bonds is 7. The summed E-state index contributed by atoms with van der Waals surface area (Å²) in [6, 6.07) is -1.73. The molecule has 0 aromatic rings. The van der Waals surface area contributed by atoms with Gasteiger partial charge in [0.05, 0.1) is 0 Å². The third-order valence-electron chi connectivity index (χ3n) is 2.16.